The van der Waals surface area contributed by atoms with Crippen molar-refractivity contribution in [2.24, 2.45) is 0 Å². The van der Waals surface area contributed by atoms with Gasteiger partial charge in [-0.3, -0.25) is 14.5 Å². The smallest absolute Gasteiger partial charge is 0.244 e. The number of ether oxygens (including phenoxy) is 2. The number of aromatic nitrogens is 2. The first kappa shape index (κ1) is 29.3. The largest absolute Gasteiger partial charge is 0.497 e. The minimum Gasteiger partial charge on any atom is -0.497 e. The van der Waals surface area contributed by atoms with Crippen molar-refractivity contribution in [3.63, 3.8) is 0 Å². The fraction of sp³-hybridized carbons (Fsp3) is 0.303. The number of hydrogen-bond acceptors (Lipinski definition) is 6. The van der Waals surface area contributed by atoms with Crippen LogP contribution in [0.1, 0.15) is 48.4 Å². The Balaban J connectivity index is 1.75. The number of carbonyl (C=O) groups excluding carboxylic acids is 2. The van der Waals surface area contributed by atoms with E-state index in [2.05, 4.69) is 26.1 Å². The standard InChI is InChI=1S/C33H36N4O4S/c1-21-11-10-14-23(17-21)37-32-29(31(35-37)33(2,3)4)30(25-18-24(40-5)15-16-26(25)41-6)42-20-28(39)36(32)19-27(38)34-22-12-8-7-9-13-22/h7-18,30H,19-20H2,1-6H3,(H,34,38). The highest BCUT2D eigenvalue weighted by Crippen LogP contribution is 2.51. The molecule has 5 rings (SSSR count). The Kier molecular flexibility index (Phi) is 8.31. The van der Waals surface area contributed by atoms with E-state index in [1.807, 2.05) is 84.4 Å². The number of aryl methyl sites for hydroxylation is 1. The second-order valence-electron chi connectivity index (χ2n) is 11.3. The molecular formula is C33H36N4O4S. The molecule has 3 aromatic carbocycles. The van der Waals surface area contributed by atoms with Crippen LogP contribution in [0.3, 0.4) is 0 Å². The van der Waals surface area contributed by atoms with Crippen molar-refractivity contribution in [2.75, 3.05) is 36.7 Å². The van der Waals surface area contributed by atoms with E-state index in [4.69, 9.17) is 14.6 Å². The molecule has 0 radical (unpaired) electrons. The average molecular weight is 585 g/mol. The molecular weight excluding hydrogens is 548 g/mol. The van der Waals surface area contributed by atoms with Gasteiger partial charge in [0.2, 0.25) is 11.8 Å². The van der Waals surface area contributed by atoms with E-state index in [1.54, 1.807) is 19.1 Å². The first-order valence-corrected chi connectivity index (χ1v) is 14.8. The maximum Gasteiger partial charge on any atom is 0.244 e. The molecule has 1 unspecified atom stereocenters. The summed E-state index contributed by atoms with van der Waals surface area (Å²) in [5.41, 5.74) is 4.74. The number of methoxy groups -OCH3 is 2. The number of rotatable bonds is 7. The molecule has 0 saturated carbocycles. The number of thioether (sulfide) groups is 1. The van der Waals surface area contributed by atoms with Gasteiger partial charge < -0.3 is 14.8 Å². The highest BCUT2D eigenvalue weighted by Gasteiger charge is 2.41. The predicted molar refractivity (Wildman–Crippen MR) is 168 cm³/mol. The van der Waals surface area contributed by atoms with Gasteiger partial charge in [0.1, 0.15) is 23.9 Å². The molecule has 1 aliphatic rings. The molecule has 2 amide bonds. The van der Waals surface area contributed by atoms with Crippen LogP contribution in [-0.4, -0.2) is 48.1 Å². The van der Waals surface area contributed by atoms with E-state index in [0.717, 1.165) is 28.1 Å². The molecule has 1 N–H and O–H groups in total. The minimum atomic E-state index is -0.380. The Morgan fingerprint density at radius 1 is 1.02 bits per heavy atom. The quantitative estimate of drug-likeness (QED) is 0.274. The summed E-state index contributed by atoms with van der Waals surface area (Å²) >= 11 is 1.50. The third-order valence-electron chi connectivity index (χ3n) is 7.12. The molecule has 0 fully saturated rings. The number of nitrogens with one attached hydrogen (secondary N) is 1. The molecule has 0 spiro atoms. The zero-order valence-corrected chi connectivity index (χ0v) is 25.6. The number of amides is 2. The first-order valence-electron chi connectivity index (χ1n) is 13.8. The van der Waals surface area contributed by atoms with E-state index < -0.39 is 0 Å². The lowest BCUT2D eigenvalue weighted by atomic mass is 9.87. The molecule has 218 valence electrons. The van der Waals surface area contributed by atoms with Crippen molar-refractivity contribution in [1.82, 2.24) is 9.78 Å². The molecule has 1 atom stereocenters. The maximum atomic E-state index is 14.0. The maximum absolute atomic E-state index is 14.0. The van der Waals surface area contributed by atoms with Crippen LogP contribution in [-0.2, 0) is 15.0 Å². The van der Waals surface area contributed by atoms with Crippen LogP contribution in [0.4, 0.5) is 11.5 Å². The summed E-state index contributed by atoms with van der Waals surface area (Å²) in [5, 5.41) is 7.79. The molecule has 9 heteroatoms. The highest BCUT2D eigenvalue weighted by atomic mass is 32.2. The number of nitrogens with zero attached hydrogens (tertiary/aromatic N) is 3. The number of carbonyl (C=O) groups is 2. The van der Waals surface area contributed by atoms with Crippen molar-refractivity contribution in [1.29, 1.82) is 0 Å². The van der Waals surface area contributed by atoms with Crippen LogP contribution in [0, 0.1) is 6.92 Å². The van der Waals surface area contributed by atoms with Crippen LogP contribution in [0.5, 0.6) is 11.5 Å². The normalized spacial score (nSPS) is 15.1. The SMILES string of the molecule is COc1ccc(OC)c(C2SCC(=O)N(CC(=O)Nc3ccccc3)c3c2c(C(C)(C)C)nn3-c2cccc(C)c2)c1. The van der Waals surface area contributed by atoms with Crippen LogP contribution in [0.25, 0.3) is 5.69 Å². The summed E-state index contributed by atoms with van der Waals surface area (Å²) in [5.74, 6) is 1.64. The Morgan fingerprint density at radius 3 is 2.45 bits per heavy atom. The van der Waals surface area contributed by atoms with Gasteiger partial charge in [-0.1, -0.05) is 51.1 Å². The second kappa shape index (κ2) is 11.9. The topological polar surface area (TPSA) is 85.7 Å². The summed E-state index contributed by atoms with van der Waals surface area (Å²) in [6, 6.07) is 22.9. The Labute approximate surface area is 251 Å². The van der Waals surface area contributed by atoms with E-state index in [-0.39, 0.29) is 34.8 Å². The summed E-state index contributed by atoms with van der Waals surface area (Å²) < 4.78 is 13.2. The monoisotopic (exact) mass is 584 g/mol. The Hall–Kier alpha value is -4.24. The lowest BCUT2D eigenvalue weighted by Gasteiger charge is -2.25. The second-order valence-corrected chi connectivity index (χ2v) is 12.4. The van der Waals surface area contributed by atoms with Crippen molar-refractivity contribution in [3.8, 4) is 17.2 Å². The summed E-state index contributed by atoms with van der Waals surface area (Å²) in [4.78, 5) is 28.9. The lowest BCUT2D eigenvalue weighted by Crippen LogP contribution is -2.40. The van der Waals surface area contributed by atoms with Crippen LogP contribution in [0.2, 0.25) is 0 Å². The third kappa shape index (κ3) is 5.87. The van der Waals surface area contributed by atoms with Crippen molar-refractivity contribution < 1.29 is 19.1 Å². The van der Waals surface area contributed by atoms with Gasteiger partial charge in [-0.25, -0.2) is 4.68 Å². The van der Waals surface area contributed by atoms with E-state index in [1.165, 1.54) is 11.8 Å². The minimum absolute atomic E-state index is 0.162. The predicted octanol–water partition coefficient (Wildman–Crippen LogP) is 6.30. The van der Waals surface area contributed by atoms with Crippen LogP contribution < -0.4 is 19.7 Å². The van der Waals surface area contributed by atoms with Crippen molar-refractivity contribution in [3.05, 3.63) is 95.2 Å². The van der Waals surface area contributed by atoms with E-state index in [0.29, 0.717) is 23.0 Å². The number of benzene rings is 3. The molecule has 8 nitrogen and oxygen atoms in total. The molecule has 2 heterocycles. The van der Waals surface area contributed by atoms with E-state index in [9.17, 15) is 9.59 Å². The van der Waals surface area contributed by atoms with Crippen LogP contribution in [0.15, 0.2) is 72.8 Å². The van der Waals surface area contributed by atoms with E-state index >= 15 is 0 Å². The van der Waals surface area contributed by atoms with Gasteiger partial charge in [-0.15, -0.1) is 11.8 Å². The zero-order chi connectivity index (χ0) is 30.0. The Bertz CT molecular complexity index is 1610. The fourth-order valence-electron chi connectivity index (χ4n) is 5.17. The first-order chi connectivity index (χ1) is 20.1. The molecule has 1 aromatic heterocycles. The molecule has 1 aliphatic heterocycles. The number of anilines is 2. The molecule has 4 aromatic rings. The number of para-hydroxylation sites is 1. The fourth-order valence-corrected chi connectivity index (χ4v) is 6.38. The summed E-state index contributed by atoms with van der Waals surface area (Å²) in [6.07, 6.45) is 0. The average Bonchev–Trinajstić information content (AvgIpc) is 3.31. The van der Waals surface area contributed by atoms with Gasteiger partial charge in [0.05, 0.1) is 36.6 Å². The van der Waals surface area contributed by atoms with Gasteiger partial charge in [0.25, 0.3) is 0 Å². The van der Waals surface area contributed by atoms with Crippen molar-refractivity contribution >= 4 is 35.1 Å². The number of fused-ring (bicyclic) bond motifs is 1. The lowest BCUT2D eigenvalue weighted by molar-refractivity contribution is -0.120. The van der Waals surface area contributed by atoms with Crippen LogP contribution >= 0.6 is 11.8 Å². The van der Waals surface area contributed by atoms with Gasteiger partial charge in [-0.2, -0.15) is 5.10 Å². The van der Waals surface area contributed by atoms with Crippen molar-refractivity contribution in [2.45, 2.75) is 38.4 Å². The molecule has 0 aliphatic carbocycles. The number of hydrogen-bond donors (Lipinski definition) is 1. The van der Waals surface area contributed by atoms with Gasteiger partial charge in [0, 0.05) is 22.2 Å². The van der Waals surface area contributed by atoms with Gasteiger partial charge in [0.15, 0.2) is 0 Å². The summed E-state index contributed by atoms with van der Waals surface area (Å²) in [6.45, 7) is 8.19. The Morgan fingerprint density at radius 2 is 1.79 bits per heavy atom. The highest BCUT2D eigenvalue weighted by molar-refractivity contribution is 8.00. The third-order valence-corrected chi connectivity index (χ3v) is 8.36. The molecule has 42 heavy (non-hydrogen) atoms. The summed E-state index contributed by atoms with van der Waals surface area (Å²) in [7, 11) is 3.27. The molecule has 0 bridgehead atoms. The van der Waals surface area contributed by atoms with Gasteiger partial charge in [-0.05, 0) is 55.0 Å². The zero-order valence-electron chi connectivity index (χ0n) is 24.8. The molecule has 0 saturated heterocycles. The van der Waals surface area contributed by atoms with Gasteiger partial charge >= 0.3 is 0 Å².